The molecule has 1 rings (SSSR count). The minimum absolute atomic E-state index is 0.0344. The van der Waals surface area contributed by atoms with Crippen LogP contribution in [0.2, 0.25) is 0 Å². The largest absolute Gasteiger partial charge is 0.493 e. The zero-order valence-corrected chi connectivity index (χ0v) is 14.2. The van der Waals surface area contributed by atoms with Crippen LogP contribution in [0.25, 0.3) is 0 Å². The molecule has 0 aliphatic rings. The summed E-state index contributed by atoms with van der Waals surface area (Å²) >= 11 is 0. The Morgan fingerprint density at radius 1 is 1.10 bits per heavy atom. The van der Waals surface area contributed by atoms with Gasteiger partial charge in [-0.05, 0) is 38.5 Å². The Kier molecular flexibility index (Phi) is 6.48. The summed E-state index contributed by atoms with van der Waals surface area (Å²) in [5.74, 6) is 1.48. The molecular weight excluding hydrogens is 290 g/mol. The lowest BCUT2D eigenvalue weighted by Crippen LogP contribution is -2.29. The van der Waals surface area contributed by atoms with Gasteiger partial charge in [-0.1, -0.05) is 6.07 Å². The molecule has 0 aromatic heterocycles. The number of ether oxygens (including phenoxy) is 2. The van der Waals surface area contributed by atoms with Gasteiger partial charge in [-0.2, -0.15) is 0 Å². The van der Waals surface area contributed by atoms with Gasteiger partial charge in [0.1, 0.15) is 0 Å². The van der Waals surface area contributed by atoms with E-state index < -0.39 is 9.84 Å². The van der Waals surface area contributed by atoms with Gasteiger partial charge in [-0.15, -0.1) is 0 Å². The van der Waals surface area contributed by atoms with Crippen molar-refractivity contribution in [2.45, 2.75) is 32.1 Å². The second-order valence-electron chi connectivity index (χ2n) is 5.21. The van der Waals surface area contributed by atoms with Crippen molar-refractivity contribution < 1.29 is 17.9 Å². The lowest BCUT2D eigenvalue weighted by molar-refractivity contribution is 0.354. The Balaban J connectivity index is 2.66. The maximum Gasteiger partial charge on any atom is 0.161 e. The monoisotopic (exact) mass is 315 g/mol. The van der Waals surface area contributed by atoms with Crippen LogP contribution in [0.15, 0.2) is 18.2 Å². The average molecular weight is 315 g/mol. The molecule has 0 aliphatic heterocycles. The van der Waals surface area contributed by atoms with Crippen LogP contribution in [0.4, 0.5) is 0 Å². The first kappa shape index (κ1) is 17.8. The Hall–Kier alpha value is -1.27. The zero-order chi connectivity index (χ0) is 16.0. The van der Waals surface area contributed by atoms with Crippen molar-refractivity contribution in [3.05, 3.63) is 23.8 Å². The zero-order valence-electron chi connectivity index (χ0n) is 13.3. The summed E-state index contributed by atoms with van der Waals surface area (Å²) in [6.07, 6.45) is 0. The average Bonchev–Trinajstić information content (AvgIpc) is 2.45. The molecule has 120 valence electrons. The van der Waals surface area contributed by atoms with Gasteiger partial charge >= 0.3 is 0 Å². The van der Waals surface area contributed by atoms with Crippen molar-refractivity contribution >= 4 is 9.84 Å². The minimum atomic E-state index is -3.01. The summed E-state index contributed by atoms with van der Waals surface area (Å²) in [5, 5.41) is 2.89. The number of hydrogen-bond donors (Lipinski definition) is 1. The van der Waals surface area contributed by atoms with Crippen LogP contribution in [0.1, 0.15) is 32.4 Å². The van der Waals surface area contributed by atoms with E-state index in [-0.39, 0.29) is 17.0 Å². The molecule has 1 unspecified atom stereocenters. The van der Waals surface area contributed by atoms with Gasteiger partial charge in [0, 0.05) is 12.6 Å². The SMILES string of the molecule is COc1ccc(C(C)NCCS(=O)(=O)C(C)C)cc1OC. The molecule has 1 aromatic rings. The molecule has 0 amide bonds. The number of sulfone groups is 1. The molecule has 0 saturated carbocycles. The second-order valence-corrected chi connectivity index (χ2v) is 7.88. The fourth-order valence-electron chi connectivity index (χ4n) is 1.89. The van der Waals surface area contributed by atoms with Crippen LogP contribution in [-0.4, -0.2) is 40.2 Å². The highest BCUT2D eigenvalue weighted by Crippen LogP contribution is 2.29. The first-order valence-corrected chi connectivity index (χ1v) is 8.70. The molecule has 6 heteroatoms. The summed E-state index contributed by atoms with van der Waals surface area (Å²) in [7, 11) is 0.179. The number of benzene rings is 1. The molecule has 21 heavy (non-hydrogen) atoms. The summed E-state index contributed by atoms with van der Waals surface area (Å²) in [4.78, 5) is 0. The highest BCUT2D eigenvalue weighted by atomic mass is 32.2. The normalized spacial score (nSPS) is 13.2. The molecule has 1 N–H and O–H groups in total. The molecule has 1 aromatic carbocycles. The molecule has 0 spiro atoms. The maximum absolute atomic E-state index is 11.8. The highest BCUT2D eigenvalue weighted by molar-refractivity contribution is 7.92. The quantitative estimate of drug-likeness (QED) is 0.796. The van der Waals surface area contributed by atoms with Crippen LogP contribution >= 0.6 is 0 Å². The number of rotatable bonds is 8. The first-order chi connectivity index (χ1) is 9.81. The molecule has 0 fully saturated rings. The van der Waals surface area contributed by atoms with Crippen molar-refractivity contribution in [3.63, 3.8) is 0 Å². The minimum Gasteiger partial charge on any atom is -0.493 e. The fourth-order valence-corrected chi connectivity index (χ4v) is 2.77. The third-order valence-corrected chi connectivity index (χ3v) is 5.67. The fraction of sp³-hybridized carbons (Fsp3) is 0.600. The van der Waals surface area contributed by atoms with Gasteiger partial charge in [0.2, 0.25) is 0 Å². The third-order valence-electron chi connectivity index (χ3n) is 3.46. The Morgan fingerprint density at radius 3 is 2.24 bits per heavy atom. The van der Waals surface area contributed by atoms with Crippen molar-refractivity contribution in [1.82, 2.24) is 5.32 Å². The molecule has 0 radical (unpaired) electrons. The molecule has 5 nitrogen and oxygen atoms in total. The van der Waals surface area contributed by atoms with Gasteiger partial charge in [-0.3, -0.25) is 0 Å². The lowest BCUT2D eigenvalue weighted by atomic mass is 10.1. The number of hydrogen-bond acceptors (Lipinski definition) is 5. The van der Waals surface area contributed by atoms with Crippen molar-refractivity contribution in [1.29, 1.82) is 0 Å². The van der Waals surface area contributed by atoms with E-state index in [0.717, 1.165) is 5.56 Å². The summed E-state index contributed by atoms with van der Waals surface area (Å²) in [6.45, 7) is 5.82. The summed E-state index contributed by atoms with van der Waals surface area (Å²) < 4.78 is 34.0. The van der Waals surface area contributed by atoms with E-state index in [2.05, 4.69) is 5.32 Å². The third kappa shape index (κ3) is 4.89. The number of methoxy groups -OCH3 is 2. The van der Waals surface area contributed by atoms with E-state index >= 15 is 0 Å². The highest BCUT2D eigenvalue weighted by Gasteiger charge is 2.16. The number of nitrogens with one attached hydrogen (secondary N) is 1. The van der Waals surface area contributed by atoms with Crippen LogP contribution in [0.5, 0.6) is 11.5 Å². The molecule has 1 atom stereocenters. The Morgan fingerprint density at radius 2 is 1.71 bits per heavy atom. The maximum atomic E-state index is 11.8. The van der Waals surface area contributed by atoms with E-state index in [1.54, 1.807) is 28.1 Å². The van der Waals surface area contributed by atoms with Crippen LogP contribution in [0, 0.1) is 0 Å². The summed E-state index contributed by atoms with van der Waals surface area (Å²) in [6, 6.07) is 5.72. The van der Waals surface area contributed by atoms with Gasteiger partial charge in [0.25, 0.3) is 0 Å². The molecule has 0 bridgehead atoms. The van der Waals surface area contributed by atoms with Crippen molar-refractivity contribution in [2.75, 3.05) is 26.5 Å². The Bertz CT molecular complexity index is 555. The molecular formula is C15H25NO4S. The summed E-state index contributed by atoms with van der Waals surface area (Å²) in [5.41, 5.74) is 1.02. The van der Waals surface area contributed by atoms with Crippen molar-refractivity contribution in [2.24, 2.45) is 0 Å². The van der Waals surface area contributed by atoms with Gasteiger partial charge < -0.3 is 14.8 Å². The van der Waals surface area contributed by atoms with Crippen molar-refractivity contribution in [3.8, 4) is 11.5 Å². The Labute approximate surface area is 127 Å². The van der Waals surface area contributed by atoms with Gasteiger partial charge in [0.15, 0.2) is 21.3 Å². The lowest BCUT2D eigenvalue weighted by Gasteiger charge is -2.17. The predicted octanol–water partition coefficient (Wildman–Crippen LogP) is 2.18. The van der Waals surface area contributed by atoms with Crippen LogP contribution in [-0.2, 0) is 9.84 Å². The second kappa shape index (κ2) is 7.66. The van der Waals surface area contributed by atoms with E-state index in [1.165, 1.54) is 0 Å². The van der Waals surface area contributed by atoms with E-state index in [4.69, 9.17) is 9.47 Å². The van der Waals surface area contributed by atoms with Crippen LogP contribution in [0.3, 0.4) is 0 Å². The smallest absolute Gasteiger partial charge is 0.161 e. The standard InChI is InChI=1S/C15H25NO4S/c1-11(2)21(17,18)9-8-16-12(3)13-6-7-14(19-4)15(10-13)20-5/h6-7,10-12,16H,8-9H2,1-5H3. The van der Waals surface area contributed by atoms with Gasteiger partial charge in [-0.25, -0.2) is 8.42 Å². The molecule has 0 heterocycles. The topological polar surface area (TPSA) is 64.6 Å². The van der Waals surface area contributed by atoms with Gasteiger partial charge in [0.05, 0.1) is 25.2 Å². The first-order valence-electron chi connectivity index (χ1n) is 6.98. The van der Waals surface area contributed by atoms with E-state index in [9.17, 15) is 8.42 Å². The van der Waals surface area contributed by atoms with E-state index in [1.807, 2.05) is 25.1 Å². The van der Waals surface area contributed by atoms with Crippen LogP contribution < -0.4 is 14.8 Å². The van der Waals surface area contributed by atoms with E-state index in [0.29, 0.717) is 18.0 Å². The molecule has 0 aliphatic carbocycles. The predicted molar refractivity (Wildman–Crippen MR) is 84.9 cm³/mol. The molecule has 0 saturated heterocycles.